The van der Waals surface area contributed by atoms with E-state index in [4.69, 9.17) is 10.5 Å². The van der Waals surface area contributed by atoms with Gasteiger partial charge >= 0.3 is 0 Å². The van der Waals surface area contributed by atoms with Crippen LogP contribution < -0.4 is 11.1 Å². The van der Waals surface area contributed by atoms with Crippen LogP contribution in [0.1, 0.15) is 23.7 Å². The maximum atomic E-state index is 12.3. The minimum Gasteiger partial charge on any atom is -0.376 e. The maximum absolute atomic E-state index is 12.3. The molecule has 0 aromatic heterocycles. The highest BCUT2D eigenvalue weighted by molar-refractivity contribution is 14.1. The fourth-order valence-electron chi connectivity index (χ4n) is 2.13. The molecule has 19 heavy (non-hydrogen) atoms. The number of ether oxygens (including phenoxy) is 1. The van der Waals surface area contributed by atoms with Crippen LogP contribution >= 0.6 is 38.5 Å². The third-order valence-corrected chi connectivity index (χ3v) is 4.65. The number of carbonyl (C=O) groups excluding carboxylic acids is 1. The molecular weight excluding hydrogens is 423 g/mol. The number of halogens is 2. The number of hydrogen-bond acceptors (Lipinski definition) is 3. The van der Waals surface area contributed by atoms with Crippen molar-refractivity contribution in [3.63, 3.8) is 0 Å². The molecule has 0 heterocycles. The van der Waals surface area contributed by atoms with Crippen LogP contribution in [0.2, 0.25) is 0 Å². The van der Waals surface area contributed by atoms with Crippen LogP contribution in [0, 0.1) is 3.57 Å². The summed E-state index contributed by atoms with van der Waals surface area (Å²) >= 11 is 5.53. The van der Waals surface area contributed by atoms with E-state index >= 15 is 0 Å². The third-order valence-electron chi connectivity index (χ3n) is 3.22. The summed E-state index contributed by atoms with van der Waals surface area (Å²) < 4.78 is 7.35. The minimum atomic E-state index is -0.101. The normalized spacial score (nSPS) is 25.8. The summed E-state index contributed by atoms with van der Waals surface area (Å²) in [6, 6.07) is 5.51. The van der Waals surface area contributed by atoms with Gasteiger partial charge < -0.3 is 15.8 Å². The number of rotatable bonds is 4. The van der Waals surface area contributed by atoms with E-state index in [0.29, 0.717) is 12.2 Å². The van der Waals surface area contributed by atoms with Crippen molar-refractivity contribution in [3.8, 4) is 0 Å². The highest BCUT2D eigenvalue weighted by Crippen LogP contribution is 2.24. The second-order valence-electron chi connectivity index (χ2n) is 4.52. The van der Waals surface area contributed by atoms with Gasteiger partial charge in [0, 0.05) is 20.7 Å². The van der Waals surface area contributed by atoms with Crippen molar-refractivity contribution in [2.24, 2.45) is 5.73 Å². The summed E-state index contributed by atoms with van der Waals surface area (Å²) in [4.78, 5) is 12.3. The monoisotopic (exact) mass is 438 g/mol. The Bertz CT molecular complexity index is 482. The Hall–Kier alpha value is -0.180. The highest BCUT2D eigenvalue weighted by Gasteiger charge is 2.40. The van der Waals surface area contributed by atoms with Gasteiger partial charge in [-0.25, -0.2) is 0 Å². The van der Waals surface area contributed by atoms with Gasteiger partial charge in [-0.3, -0.25) is 4.79 Å². The fraction of sp³-hybridized carbons (Fsp3) is 0.462. The summed E-state index contributed by atoms with van der Waals surface area (Å²) in [7, 11) is 0. The lowest BCUT2D eigenvalue weighted by Crippen LogP contribution is -2.64. The quantitative estimate of drug-likeness (QED) is 0.709. The number of carbonyl (C=O) groups is 1. The molecule has 3 unspecified atom stereocenters. The van der Waals surface area contributed by atoms with Gasteiger partial charge in [-0.2, -0.15) is 0 Å². The first kappa shape index (κ1) is 15.2. The van der Waals surface area contributed by atoms with Crippen molar-refractivity contribution in [3.05, 3.63) is 31.8 Å². The molecule has 0 radical (unpaired) electrons. The zero-order chi connectivity index (χ0) is 14.0. The Morgan fingerprint density at radius 2 is 2.37 bits per heavy atom. The molecule has 1 saturated carbocycles. The molecule has 1 aromatic rings. The molecule has 0 spiro atoms. The smallest absolute Gasteiger partial charge is 0.252 e. The van der Waals surface area contributed by atoms with E-state index in [1.54, 1.807) is 0 Å². The standard InChI is InChI=1S/C13H16BrIN2O2/c1-2-19-11-6-10(16)12(11)17-13(18)8-5-7(14)3-4-9(8)15/h3-5,10-12H,2,6,16H2,1H3,(H,17,18). The van der Waals surface area contributed by atoms with Gasteiger partial charge in [0.15, 0.2) is 0 Å². The van der Waals surface area contributed by atoms with Crippen LogP contribution in [0.15, 0.2) is 22.7 Å². The van der Waals surface area contributed by atoms with E-state index in [-0.39, 0.29) is 24.1 Å². The predicted octanol–water partition coefficient (Wildman–Crippen LogP) is 2.29. The van der Waals surface area contributed by atoms with Crippen LogP contribution in [0.25, 0.3) is 0 Å². The molecule has 1 aromatic carbocycles. The lowest BCUT2D eigenvalue weighted by molar-refractivity contribution is -0.0300. The number of hydrogen-bond donors (Lipinski definition) is 2. The second-order valence-corrected chi connectivity index (χ2v) is 6.59. The number of benzene rings is 1. The van der Waals surface area contributed by atoms with Crippen molar-refractivity contribution in [2.75, 3.05) is 6.61 Å². The average molecular weight is 439 g/mol. The molecule has 1 amide bonds. The van der Waals surface area contributed by atoms with E-state index in [9.17, 15) is 4.79 Å². The topological polar surface area (TPSA) is 64.3 Å². The Morgan fingerprint density at radius 1 is 1.63 bits per heavy atom. The first-order chi connectivity index (χ1) is 9.02. The number of nitrogens with one attached hydrogen (secondary N) is 1. The van der Waals surface area contributed by atoms with Crippen molar-refractivity contribution in [2.45, 2.75) is 31.5 Å². The van der Waals surface area contributed by atoms with Crippen LogP contribution in [0.3, 0.4) is 0 Å². The van der Waals surface area contributed by atoms with Crippen LogP contribution in [0.4, 0.5) is 0 Å². The molecule has 3 N–H and O–H groups in total. The van der Waals surface area contributed by atoms with E-state index in [1.165, 1.54) is 0 Å². The molecule has 3 atom stereocenters. The summed E-state index contributed by atoms with van der Waals surface area (Å²) in [5.74, 6) is -0.101. The molecule has 4 nitrogen and oxygen atoms in total. The Labute approximate surface area is 134 Å². The third kappa shape index (κ3) is 3.48. The summed E-state index contributed by atoms with van der Waals surface area (Å²) in [5.41, 5.74) is 6.59. The van der Waals surface area contributed by atoms with Gasteiger partial charge in [0.1, 0.15) is 0 Å². The molecule has 2 rings (SSSR count). The molecule has 104 valence electrons. The number of nitrogens with two attached hydrogens (primary N) is 1. The van der Waals surface area contributed by atoms with Gasteiger partial charge in [-0.05, 0) is 54.1 Å². The summed E-state index contributed by atoms with van der Waals surface area (Å²) in [5, 5.41) is 2.97. The fourth-order valence-corrected chi connectivity index (χ4v) is 3.07. The SMILES string of the molecule is CCOC1CC(N)C1NC(=O)c1cc(Br)ccc1I. The minimum absolute atomic E-state index is 0.0229. The zero-order valence-electron chi connectivity index (χ0n) is 10.5. The lowest BCUT2D eigenvalue weighted by Gasteiger charge is -2.42. The number of amides is 1. The van der Waals surface area contributed by atoms with Crippen molar-refractivity contribution in [1.82, 2.24) is 5.32 Å². The van der Waals surface area contributed by atoms with Crippen molar-refractivity contribution < 1.29 is 9.53 Å². The van der Waals surface area contributed by atoms with E-state index in [0.717, 1.165) is 14.5 Å². The van der Waals surface area contributed by atoms with Gasteiger partial charge in [-0.15, -0.1) is 0 Å². The zero-order valence-corrected chi connectivity index (χ0v) is 14.3. The molecule has 1 fully saturated rings. The average Bonchev–Trinajstić information content (AvgIpc) is 2.38. The van der Waals surface area contributed by atoms with Crippen LogP contribution in [0.5, 0.6) is 0 Å². The lowest BCUT2D eigenvalue weighted by atomic mass is 9.83. The Balaban J connectivity index is 2.06. The molecule has 1 aliphatic carbocycles. The van der Waals surface area contributed by atoms with Crippen molar-refractivity contribution >= 4 is 44.4 Å². The van der Waals surface area contributed by atoms with E-state index in [1.807, 2.05) is 25.1 Å². The van der Waals surface area contributed by atoms with Gasteiger partial charge in [-0.1, -0.05) is 15.9 Å². The van der Waals surface area contributed by atoms with Crippen LogP contribution in [-0.4, -0.2) is 30.7 Å². The largest absolute Gasteiger partial charge is 0.376 e. The van der Waals surface area contributed by atoms with Gasteiger partial charge in [0.05, 0.1) is 17.7 Å². The molecule has 6 heteroatoms. The van der Waals surface area contributed by atoms with Gasteiger partial charge in [0.25, 0.3) is 5.91 Å². The highest BCUT2D eigenvalue weighted by atomic mass is 127. The van der Waals surface area contributed by atoms with Gasteiger partial charge in [0.2, 0.25) is 0 Å². The summed E-state index contributed by atoms with van der Waals surface area (Å²) in [6.45, 7) is 2.58. The second kappa shape index (κ2) is 6.51. The first-order valence-corrected chi connectivity index (χ1v) is 8.03. The van der Waals surface area contributed by atoms with E-state index < -0.39 is 0 Å². The predicted molar refractivity (Wildman–Crippen MR) is 86.1 cm³/mol. The van der Waals surface area contributed by atoms with E-state index in [2.05, 4.69) is 43.8 Å². The Morgan fingerprint density at radius 3 is 3.00 bits per heavy atom. The molecule has 0 bridgehead atoms. The van der Waals surface area contributed by atoms with Crippen molar-refractivity contribution in [1.29, 1.82) is 0 Å². The molecule has 0 aliphatic heterocycles. The molecule has 1 aliphatic rings. The molecular formula is C13H16BrIN2O2. The molecule has 0 saturated heterocycles. The van der Waals surface area contributed by atoms with Crippen LogP contribution in [-0.2, 0) is 4.74 Å². The maximum Gasteiger partial charge on any atom is 0.252 e. The Kier molecular flexibility index (Phi) is 5.22. The first-order valence-electron chi connectivity index (χ1n) is 6.16. The summed E-state index contributed by atoms with van der Waals surface area (Å²) in [6.07, 6.45) is 0.836.